The van der Waals surface area contributed by atoms with Gasteiger partial charge in [0.1, 0.15) is 12.4 Å². The molecule has 0 saturated heterocycles. The Hall–Kier alpha value is -3.52. The predicted molar refractivity (Wildman–Crippen MR) is 121 cm³/mol. The molecule has 4 rings (SSSR count). The van der Waals surface area contributed by atoms with Crippen LogP contribution in [0.3, 0.4) is 0 Å². The first-order chi connectivity index (χ1) is 14.8. The van der Waals surface area contributed by atoms with Crippen molar-refractivity contribution in [3.05, 3.63) is 88.3 Å². The first kappa shape index (κ1) is 20.7. The second-order valence-corrected chi connectivity index (χ2v) is 9.06. The molecule has 31 heavy (non-hydrogen) atoms. The lowest BCUT2D eigenvalue weighted by Crippen LogP contribution is -2.19. The maximum absolute atomic E-state index is 13.0. The number of ether oxygens (including phenoxy) is 1. The van der Waals surface area contributed by atoms with Crippen LogP contribution in [-0.2, 0) is 30.7 Å². The SMILES string of the molecule is Cc1cc2c(cc1S(=O)(=O)Nc1ccc(OCc3ccccc3)cc1)n(C)c(=O)n2C. The van der Waals surface area contributed by atoms with Crippen LogP contribution in [-0.4, -0.2) is 17.6 Å². The van der Waals surface area contributed by atoms with Gasteiger partial charge in [0.05, 0.1) is 15.9 Å². The van der Waals surface area contributed by atoms with Crippen LogP contribution in [0.15, 0.2) is 76.4 Å². The maximum atomic E-state index is 13.0. The van der Waals surface area contributed by atoms with Gasteiger partial charge in [0.15, 0.2) is 0 Å². The van der Waals surface area contributed by atoms with Crippen molar-refractivity contribution in [3.63, 3.8) is 0 Å². The Bertz CT molecular complexity index is 1400. The van der Waals surface area contributed by atoms with Crippen LogP contribution < -0.4 is 15.1 Å². The smallest absolute Gasteiger partial charge is 0.328 e. The number of nitrogens with zero attached hydrogens (tertiary/aromatic N) is 2. The van der Waals surface area contributed by atoms with Gasteiger partial charge in [0, 0.05) is 19.8 Å². The summed E-state index contributed by atoms with van der Waals surface area (Å²) in [7, 11) is -0.552. The van der Waals surface area contributed by atoms with Gasteiger partial charge < -0.3 is 4.74 Å². The Labute approximate surface area is 180 Å². The molecule has 0 saturated carbocycles. The van der Waals surface area contributed by atoms with Gasteiger partial charge >= 0.3 is 5.69 Å². The molecule has 0 fully saturated rings. The molecule has 0 atom stereocenters. The third-order valence-corrected chi connectivity index (χ3v) is 6.74. The zero-order chi connectivity index (χ0) is 22.2. The van der Waals surface area contributed by atoms with Crippen LogP contribution in [0.5, 0.6) is 5.75 Å². The molecule has 0 bridgehead atoms. The summed E-state index contributed by atoms with van der Waals surface area (Å²) in [6.45, 7) is 2.15. The largest absolute Gasteiger partial charge is 0.489 e. The lowest BCUT2D eigenvalue weighted by atomic mass is 10.2. The Balaban J connectivity index is 1.55. The fourth-order valence-corrected chi connectivity index (χ4v) is 4.80. The molecule has 7 nitrogen and oxygen atoms in total. The molecule has 4 aromatic rings. The molecule has 3 aromatic carbocycles. The predicted octanol–water partition coefficient (Wildman–Crippen LogP) is 3.57. The summed E-state index contributed by atoms with van der Waals surface area (Å²) in [6, 6.07) is 19.8. The standard InChI is InChI=1S/C23H23N3O4S/c1-16-13-20-21(26(3)23(27)25(20)2)14-22(16)31(28,29)24-18-9-11-19(12-10-18)30-15-17-7-5-4-6-8-17/h4-14,24H,15H2,1-3H3. The van der Waals surface area contributed by atoms with Gasteiger partial charge in [-0.2, -0.15) is 0 Å². The van der Waals surface area contributed by atoms with Gasteiger partial charge in [-0.25, -0.2) is 13.2 Å². The minimum absolute atomic E-state index is 0.130. The fraction of sp³-hybridized carbons (Fsp3) is 0.174. The molecule has 1 N–H and O–H groups in total. The number of hydrogen-bond acceptors (Lipinski definition) is 4. The highest BCUT2D eigenvalue weighted by atomic mass is 32.2. The zero-order valence-electron chi connectivity index (χ0n) is 17.5. The topological polar surface area (TPSA) is 82.3 Å². The lowest BCUT2D eigenvalue weighted by Gasteiger charge is -2.12. The van der Waals surface area contributed by atoms with Crippen LogP contribution in [0.25, 0.3) is 11.0 Å². The van der Waals surface area contributed by atoms with Crippen molar-refractivity contribution in [1.82, 2.24) is 9.13 Å². The quantitative estimate of drug-likeness (QED) is 0.500. The van der Waals surface area contributed by atoms with Crippen molar-refractivity contribution in [2.75, 3.05) is 4.72 Å². The van der Waals surface area contributed by atoms with E-state index in [4.69, 9.17) is 4.74 Å². The first-order valence-electron chi connectivity index (χ1n) is 9.72. The van der Waals surface area contributed by atoms with Gasteiger partial charge in [-0.1, -0.05) is 30.3 Å². The van der Waals surface area contributed by atoms with E-state index >= 15 is 0 Å². The lowest BCUT2D eigenvalue weighted by molar-refractivity contribution is 0.306. The van der Waals surface area contributed by atoms with Gasteiger partial charge in [-0.3, -0.25) is 13.9 Å². The summed E-state index contributed by atoms with van der Waals surface area (Å²) in [4.78, 5) is 12.3. The van der Waals surface area contributed by atoms with Crippen molar-refractivity contribution in [2.45, 2.75) is 18.4 Å². The summed E-state index contributed by atoms with van der Waals surface area (Å²) in [5.41, 5.74) is 3.07. The van der Waals surface area contributed by atoms with Crippen molar-refractivity contribution < 1.29 is 13.2 Å². The Morgan fingerprint density at radius 2 is 1.52 bits per heavy atom. The number of anilines is 1. The minimum atomic E-state index is -3.84. The highest BCUT2D eigenvalue weighted by Gasteiger charge is 2.20. The molecule has 8 heteroatoms. The van der Waals surface area contributed by atoms with Crippen LogP contribution >= 0.6 is 0 Å². The van der Waals surface area contributed by atoms with E-state index in [-0.39, 0.29) is 10.6 Å². The normalized spacial score (nSPS) is 11.6. The molecule has 0 radical (unpaired) electrons. The molecule has 1 heterocycles. The molecule has 0 aliphatic rings. The van der Waals surface area contributed by atoms with Gasteiger partial charge in [-0.15, -0.1) is 0 Å². The number of fused-ring (bicyclic) bond motifs is 1. The summed E-state index contributed by atoms with van der Waals surface area (Å²) in [5.74, 6) is 0.642. The van der Waals surface area contributed by atoms with E-state index < -0.39 is 10.0 Å². The molecule has 0 aliphatic carbocycles. The summed E-state index contributed by atoms with van der Waals surface area (Å²) >= 11 is 0. The van der Waals surface area contributed by atoms with E-state index in [2.05, 4.69) is 4.72 Å². The molecule has 0 spiro atoms. The molecular weight excluding hydrogens is 414 g/mol. The number of benzene rings is 3. The highest BCUT2D eigenvalue weighted by molar-refractivity contribution is 7.92. The van der Waals surface area contributed by atoms with Gasteiger partial charge in [0.25, 0.3) is 10.0 Å². The molecular formula is C23H23N3O4S. The van der Waals surface area contributed by atoms with Crippen LogP contribution in [0, 0.1) is 6.92 Å². The zero-order valence-corrected chi connectivity index (χ0v) is 18.3. The molecule has 0 aliphatic heterocycles. The summed E-state index contributed by atoms with van der Waals surface area (Å²) in [6.07, 6.45) is 0. The van der Waals surface area contributed by atoms with Crippen LogP contribution in [0.2, 0.25) is 0 Å². The van der Waals surface area contributed by atoms with Crippen LogP contribution in [0.1, 0.15) is 11.1 Å². The fourth-order valence-electron chi connectivity index (χ4n) is 3.49. The van der Waals surface area contributed by atoms with E-state index in [0.717, 1.165) is 5.56 Å². The maximum Gasteiger partial charge on any atom is 0.328 e. The van der Waals surface area contributed by atoms with Gasteiger partial charge in [-0.05, 0) is 54.4 Å². The number of nitrogens with one attached hydrogen (secondary N) is 1. The number of imidazole rings is 1. The number of hydrogen-bond donors (Lipinski definition) is 1. The van der Waals surface area contributed by atoms with Crippen molar-refractivity contribution in [2.24, 2.45) is 14.1 Å². The molecule has 160 valence electrons. The number of sulfonamides is 1. The Morgan fingerprint density at radius 3 is 2.16 bits per heavy atom. The van der Waals surface area contributed by atoms with E-state index in [1.54, 1.807) is 51.4 Å². The van der Waals surface area contributed by atoms with Crippen LogP contribution in [0.4, 0.5) is 5.69 Å². The summed E-state index contributed by atoms with van der Waals surface area (Å²) < 4.78 is 37.3. The molecule has 0 unspecified atom stereocenters. The van der Waals surface area contributed by atoms with E-state index in [1.807, 2.05) is 30.3 Å². The Kier molecular flexibility index (Phi) is 5.32. The average molecular weight is 438 g/mol. The summed E-state index contributed by atoms with van der Waals surface area (Å²) in [5, 5.41) is 0. The van der Waals surface area contributed by atoms with E-state index in [1.165, 1.54) is 15.2 Å². The van der Waals surface area contributed by atoms with Crippen molar-refractivity contribution in [1.29, 1.82) is 0 Å². The van der Waals surface area contributed by atoms with Crippen molar-refractivity contribution in [3.8, 4) is 5.75 Å². The molecule has 1 aromatic heterocycles. The highest BCUT2D eigenvalue weighted by Crippen LogP contribution is 2.25. The van der Waals surface area contributed by atoms with E-state index in [9.17, 15) is 13.2 Å². The third-order valence-electron chi connectivity index (χ3n) is 5.21. The third kappa shape index (κ3) is 4.06. The Morgan fingerprint density at radius 1 is 0.903 bits per heavy atom. The number of aromatic nitrogens is 2. The van der Waals surface area contributed by atoms with E-state index in [0.29, 0.717) is 34.6 Å². The van der Waals surface area contributed by atoms with Crippen molar-refractivity contribution >= 4 is 26.7 Å². The monoisotopic (exact) mass is 437 g/mol. The second kappa shape index (κ2) is 7.96. The average Bonchev–Trinajstić information content (AvgIpc) is 2.96. The van der Waals surface area contributed by atoms with Gasteiger partial charge in [0.2, 0.25) is 0 Å². The molecule has 0 amide bonds. The second-order valence-electron chi connectivity index (χ2n) is 7.41. The number of rotatable bonds is 6. The minimum Gasteiger partial charge on any atom is -0.489 e. The first-order valence-corrected chi connectivity index (χ1v) is 11.2. The number of aryl methyl sites for hydroxylation is 3.